The van der Waals surface area contributed by atoms with Gasteiger partial charge in [0.25, 0.3) is 10.1 Å². The van der Waals surface area contributed by atoms with Crippen molar-refractivity contribution >= 4 is 16.1 Å². The van der Waals surface area contributed by atoms with Crippen LogP contribution in [0, 0.1) is 4.91 Å². The molecule has 1 N–H and O–H groups in total. The van der Waals surface area contributed by atoms with Crippen molar-refractivity contribution in [2.45, 2.75) is 33.3 Å². The van der Waals surface area contributed by atoms with Crippen molar-refractivity contribution in [2.75, 3.05) is 12.4 Å². The van der Waals surface area contributed by atoms with E-state index in [-0.39, 0.29) is 5.75 Å². The van der Waals surface area contributed by atoms with E-state index in [2.05, 4.69) is 9.36 Å². The van der Waals surface area contributed by atoms with E-state index in [4.69, 9.17) is 4.74 Å². The maximum absolute atomic E-state index is 11.5. The summed E-state index contributed by atoms with van der Waals surface area (Å²) in [6.45, 7) is 5.16. The van der Waals surface area contributed by atoms with Gasteiger partial charge >= 0.3 is 5.97 Å². The minimum atomic E-state index is -3.81. The second-order valence-electron chi connectivity index (χ2n) is 4.50. The first-order valence-corrected chi connectivity index (χ1v) is 6.96. The predicted molar refractivity (Wildman–Crippen MR) is 66.7 cm³/mol. The molecule has 0 saturated heterocycles. The fourth-order valence-electron chi connectivity index (χ4n) is 0.831. The van der Waals surface area contributed by atoms with Crippen molar-refractivity contribution in [1.82, 2.24) is 0 Å². The van der Waals surface area contributed by atoms with Crippen molar-refractivity contribution in [3.8, 4) is 0 Å². The summed E-state index contributed by atoms with van der Waals surface area (Å²) in [4.78, 5) is 22.0. The number of nitroso groups, excluding NO2 is 1. The second kappa shape index (κ2) is 6.62. The number of rotatable bonds is 6. The van der Waals surface area contributed by atoms with Gasteiger partial charge < -0.3 is 9.84 Å². The number of hydrogen-bond acceptors (Lipinski definition) is 8. The van der Waals surface area contributed by atoms with Gasteiger partial charge in [0.2, 0.25) is 5.70 Å². The summed E-state index contributed by atoms with van der Waals surface area (Å²) in [7, 11) is -3.81. The molecular formula is C10H17NO7S. The predicted octanol–water partition coefficient (Wildman–Crippen LogP) is 1.23. The zero-order chi connectivity index (χ0) is 15.3. The Hall–Kier alpha value is -1.48. The Balaban J connectivity index is 4.95. The van der Waals surface area contributed by atoms with Crippen LogP contribution in [0.5, 0.6) is 0 Å². The van der Waals surface area contributed by atoms with Gasteiger partial charge in [-0.2, -0.15) is 8.42 Å². The lowest BCUT2D eigenvalue weighted by molar-refractivity contribution is -0.150. The zero-order valence-electron chi connectivity index (χ0n) is 11.2. The molecule has 0 aliphatic rings. The normalized spacial score (nSPS) is 13.7. The van der Waals surface area contributed by atoms with Gasteiger partial charge in [-0.25, -0.2) is 4.79 Å². The third kappa shape index (κ3) is 6.87. The summed E-state index contributed by atoms with van der Waals surface area (Å²) in [5, 5.41) is 11.8. The van der Waals surface area contributed by atoms with E-state index >= 15 is 0 Å². The summed E-state index contributed by atoms with van der Waals surface area (Å²) in [5.41, 5.74) is -1.80. The van der Waals surface area contributed by atoms with Gasteiger partial charge in [0, 0.05) is 0 Å². The molecule has 110 valence electrons. The summed E-state index contributed by atoms with van der Waals surface area (Å²) < 4.78 is 31.2. The number of esters is 1. The van der Waals surface area contributed by atoms with Crippen molar-refractivity contribution in [2.24, 2.45) is 5.18 Å². The van der Waals surface area contributed by atoms with Crippen molar-refractivity contribution in [3.63, 3.8) is 0 Å². The van der Waals surface area contributed by atoms with Crippen molar-refractivity contribution < 1.29 is 27.2 Å². The molecule has 0 bridgehead atoms. The van der Waals surface area contributed by atoms with Crippen LogP contribution >= 0.6 is 0 Å². The Bertz CT molecular complexity index is 473. The van der Waals surface area contributed by atoms with E-state index in [9.17, 15) is 23.2 Å². The number of nitrogens with zero attached hydrogens (tertiary/aromatic N) is 1. The number of ether oxygens (including phenoxy) is 1. The molecule has 0 aliphatic carbocycles. The molecule has 9 heteroatoms. The Kier molecular flexibility index (Phi) is 6.10. The molecule has 0 rings (SSSR count). The Morgan fingerprint density at radius 1 is 1.32 bits per heavy atom. The highest BCUT2D eigenvalue weighted by molar-refractivity contribution is 7.86. The van der Waals surface area contributed by atoms with Crippen LogP contribution in [0.3, 0.4) is 0 Å². The number of hydrogen-bond donors (Lipinski definition) is 1. The maximum Gasteiger partial charge on any atom is 0.364 e. The van der Waals surface area contributed by atoms with Gasteiger partial charge in [-0.15, -0.1) is 4.91 Å². The third-order valence-corrected chi connectivity index (χ3v) is 2.87. The van der Waals surface area contributed by atoms with Gasteiger partial charge in [0.05, 0.1) is 5.75 Å². The lowest BCUT2D eigenvalue weighted by Gasteiger charge is -2.19. The molecule has 0 radical (unpaired) electrons. The van der Waals surface area contributed by atoms with E-state index in [0.29, 0.717) is 0 Å². The largest absolute Gasteiger partial charge is 0.507 e. The first kappa shape index (κ1) is 17.5. The summed E-state index contributed by atoms with van der Waals surface area (Å²) in [6, 6.07) is 0. The lowest BCUT2D eigenvalue weighted by Crippen LogP contribution is -2.25. The molecule has 0 aliphatic heterocycles. The Labute approximate surface area is 111 Å². The molecule has 0 fully saturated rings. The molecule has 19 heavy (non-hydrogen) atoms. The topological polar surface area (TPSA) is 119 Å². The third-order valence-electron chi connectivity index (χ3n) is 1.69. The lowest BCUT2D eigenvalue weighted by atomic mass is 10.2. The Morgan fingerprint density at radius 2 is 1.84 bits per heavy atom. The van der Waals surface area contributed by atoms with Crippen molar-refractivity contribution in [1.29, 1.82) is 0 Å². The molecule has 0 aromatic carbocycles. The molecule has 0 heterocycles. The smallest absolute Gasteiger partial charge is 0.364 e. The summed E-state index contributed by atoms with van der Waals surface area (Å²) in [5.74, 6) is -2.37. The number of carbonyl (C=O) groups is 1. The van der Waals surface area contributed by atoms with E-state index in [1.807, 2.05) is 0 Å². The molecule has 8 nitrogen and oxygen atoms in total. The highest BCUT2D eigenvalue weighted by atomic mass is 32.2. The fraction of sp³-hybridized carbons (Fsp3) is 0.700. The molecule has 0 spiro atoms. The van der Waals surface area contributed by atoms with Gasteiger partial charge in [0.15, 0.2) is 5.76 Å². The molecular weight excluding hydrogens is 278 g/mol. The van der Waals surface area contributed by atoms with Crippen molar-refractivity contribution in [3.05, 3.63) is 16.4 Å². The number of aliphatic hydroxyl groups is 1. The summed E-state index contributed by atoms with van der Waals surface area (Å²) in [6.07, 6.45) is 0. The molecule has 0 unspecified atom stereocenters. The molecule has 0 saturated carbocycles. The highest BCUT2D eigenvalue weighted by Crippen LogP contribution is 2.14. The van der Waals surface area contributed by atoms with Crippen LogP contribution in [0.15, 0.2) is 16.6 Å². The SMILES string of the molecule is CCS(=O)(=O)OCC(O)=C(N=O)C(=O)OC(C)(C)C. The monoisotopic (exact) mass is 295 g/mol. The van der Waals surface area contributed by atoms with E-state index in [0.717, 1.165) is 0 Å². The van der Waals surface area contributed by atoms with Gasteiger partial charge in [0.1, 0.15) is 12.2 Å². The van der Waals surface area contributed by atoms with Crippen LogP contribution in [0.4, 0.5) is 0 Å². The maximum atomic E-state index is 11.5. The second-order valence-corrected chi connectivity index (χ2v) is 6.43. The van der Waals surface area contributed by atoms with E-state index in [1.54, 1.807) is 20.8 Å². The van der Waals surface area contributed by atoms with Crippen LogP contribution in [-0.4, -0.2) is 37.5 Å². The zero-order valence-corrected chi connectivity index (χ0v) is 12.0. The minimum Gasteiger partial charge on any atom is -0.507 e. The van der Waals surface area contributed by atoms with Crippen LogP contribution in [0.2, 0.25) is 0 Å². The summed E-state index contributed by atoms with van der Waals surface area (Å²) >= 11 is 0. The molecule has 0 atom stereocenters. The van der Waals surface area contributed by atoms with E-state index < -0.39 is 39.8 Å². The molecule has 0 aromatic rings. The Morgan fingerprint density at radius 3 is 2.21 bits per heavy atom. The fourth-order valence-corrected chi connectivity index (χ4v) is 1.29. The van der Waals surface area contributed by atoms with Gasteiger partial charge in [-0.3, -0.25) is 4.18 Å². The van der Waals surface area contributed by atoms with E-state index in [1.165, 1.54) is 6.92 Å². The van der Waals surface area contributed by atoms with Crippen LogP contribution in [-0.2, 0) is 23.8 Å². The quantitative estimate of drug-likeness (QED) is 0.257. The average molecular weight is 295 g/mol. The number of aliphatic hydroxyl groups excluding tert-OH is 1. The first-order chi connectivity index (χ1) is 8.52. The molecule has 0 aromatic heterocycles. The minimum absolute atomic E-state index is 0.309. The molecule has 0 amide bonds. The standard InChI is InChI=1S/C10H17NO7S/c1-5-19(15,16)17-6-7(12)8(11-14)9(13)18-10(2,3)4/h12H,5-6H2,1-4H3. The van der Waals surface area contributed by atoms with Gasteiger partial charge in [-0.1, -0.05) is 0 Å². The number of carbonyl (C=O) groups excluding carboxylic acids is 1. The van der Waals surface area contributed by atoms with Crippen LogP contribution < -0.4 is 0 Å². The highest BCUT2D eigenvalue weighted by Gasteiger charge is 2.25. The first-order valence-electron chi connectivity index (χ1n) is 5.38. The van der Waals surface area contributed by atoms with Crippen LogP contribution in [0.1, 0.15) is 27.7 Å². The van der Waals surface area contributed by atoms with Gasteiger partial charge in [-0.05, 0) is 32.9 Å². The van der Waals surface area contributed by atoms with Crippen LogP contribution in [0.25, 0.3) is 0 Å². The average Bonchev–Trinajstić information content (AvgIpc) is 2.25.